The molecule has 6 heteroatoms. The summed E-state index contributed by atoms with van der Waals surface area (Å²) >= 11 is 0. The summed E-state index contributed by atoms with van der Waals surface area (Å²) in [5, 5.41) is 11.5. The lowest BCUT2D eigenvalue weighted by Crippen LogP contribution is -2.13. The summed E-state index contributed by atoms with van der Waals surface area (Å²) in [7, 11) is 0. The molecule has 0 aromatic carbocycles. The molecular weight excluding hydrogens is 254 g/mol. The molecule has 2 aromatic heterocycles. The van der Waals surface area contributed by atoms with E-state index in [9.17, 15) is 0 Å². The smallest absolute Gasteiger partial charge is 0.216 e. The van der Waals surface area contributed by atoms with E-state index in [1.807, 2.05) is 6.20 Å². The highest BCUT2D eigenvalue weighted by Gasteiger charge is 2.19. The van der Waals surface area contributed by atoms with Gasteiger partial charge in [0.05, 0.1) is 18.1 Å². The first-order valence-corrected chi connectivity index (χ1v) is 7.04. The van der Waals surface area contributed by atoms with Gasteiger partial charge in [-0.3, -0.25) is 0 Å². The van der Waals surface area contributed by atoms with Gasteiger partial charge in [0.25, 0.3) is 0 Å². The molecule has 2 heterocycles. The lowest BCUT2D eigenvalue weighted by atomic mass is 9.94. The van der Waals surface area contributed by atoms with Crippen molar-refractivity contribution in [1.29, 1.82) is 0 Å². The van der Waals surface area contributed by atoms with Gasteiger partial charge in [0, 0.05) is 12.0 Å². The van der Waals surface area contributed by atoms with Crippen molar-refractivity contribution in [2.75, 3.05) is 6.54 Å². The maximum Gasteiger partial charge on any atom is 0.216 e. The molecule has 0 aliphatic heterocycles. The number of nitrogens with one attached hydrogen (secondary N) is 1. The Balaban J connectivity index is 1.95. The first kappa shape index (κ1) is 14.7. The first-order valence-electron chi connectivity index (χ1n) is 7.04. The van der Waals surface area contributed by atoms with Crippen molar-refractivity contribution in [2.45, 2.75) is 52.6 Å². The molecule has 0 atom stereocenters. The molecule has 0 radical (unpaired) electrons. The van der Waals surface area contributed by atoms with Crippen LogP contribution < -0.4 is 5.32 Å². The number of hydrogen-bond acceptors (Lipinski definition) is 5. The third kappa shape index (κ3) is 3.90. The van der Waals surface area contributed by atoms with E-state index >= 15 is 0 Å². The topological polar surface area (TPSA) is 68.8 Å². The summed E-state index contributed by atoms with van der Waals surface area (Å²) in [6.45, 7) is 10.7. The zero-order valence-corrected chi connectivity index (χ0v) is 12.7. The average Bonchev–Trinajstić information content (AvgIpc) is 2.99. The highest BCUT2D eigenvalue weighted by atomic mass is 16.4. The molecular formula is C14H23N5O. The van der Waals surface area contributed by atoms with Crippen LogP contribution in [0.1, 0.15) is 51.5 Å². The summed E-state index contributed by atoms with van der Waals surface area (Å²) in [5.74, 6) is 1.55. The van der Waals surface area contributed by atoms with Crippen molar-refractivity contribution in [3.05, 3.63) is 29.7 Å². The molecule has 2 aromatic rings. The van der Waals surface area contributed by atoms with Crippen LogP contribution in [0.25, 0.3) is 0 Å². The van der Waals surface area contributed by atoms with Crippen LogP contribution in [0.4, 0.5) is 0 Å². The molecule has 0 saturated carbocycles. The van der Waals surface area contributed by atoms with Crippen molar-refractivity contribution < 1.29 is 4.42 Å². The van der Waals surface area contributed by atoms with Gasteiger partial charge >= 0.3 is 0 Å². The van der Waals surface area contributed by atoms with Gasteiger partial charge in [-0.2, -0.15) is 0 Å². The summed E-state index contributed by atoms with van der Waals surface area (Å²) in [6, 6.07) is 0. The zero-order valence-electron chi connectivity index (χ0n) is 12.7. The van der Waals surface area contributed by atoms with Crippen LogP contribution in [0, 0.1) is 0 Å². The van der Waals surface area contributed by atoms with E-state index in [-0.39, 0.29) is 5.41 Å². The molecule has 2 rings (SSSR count). The van der Waals surface area contributed by atoms with Gasteiger partial charge in [-0.25, -0.2) is 9.67 Å². The number of rotatable bonds is 6. The Kier molecular flexibility index (Phi) is 4.54. The summed E-state index contributed by atoms with van der Waals surface area (Å²) in [4.78, 5) is 4.29. The standard InChI is InChI=1S/C14H23N5O/c1-5-6-15-7-11-9-19(18-17-11)10-13-16-8-12(20-13)14(2,3)4/h8-9,15H,5-7,10H2,1-4H3. The predicted octanol–water partition coefficient (Wildman–Crippen LogP) is 2.11. The van der Waals surface area contributed by atoms with Crippen LogP contribution >= 0.6 is 0 Å². The van der Waals surface area contributed by atoms with E-state index in [2.05, 4.69) is 48.3 Å². The average molecular weight is 277 g/mol. The van der Waals surface area contributed by atoms with Gasteiger partial charge in [-0.1, -0.05) is 32.9 Å². The third-order valence-electron chi connectivity index (χ3n) is 2.91. The summed E-state index contributed by atoms with van der Waals surface area (Å²) in [5.41, 5.74) is 0.907. The fourth-order valence-electron chi connectivity index (χ4n) is 1.76. The molecule has 0 aliphatic rings. The van der Waals surface area contributed by atoms with E-state index in [0.29, 0.717) is 12.4 Å². The van der Waals surface area contributed by atoms with Crippen LogP contribution in [0.3, 0.4) is 0 Å². The minimum absolute atomic E-state index is 0.0250. The second-order valence-electron chi connectivity index (χ2n) is 5.95. The van der Waals surface area contributed by atoms with E-state index in [4.69, 9.17) is 4.42 Å². The fourth-order valence-corrected chi connectivity index (χ4v) is 1.76. The number of oxazole rings is 1. The molecule has 0 spiro atoms. The molecule has 0 unspecified atom stereocenters. The minimum atomic E-state index is -0.0250. The van der Waals surface area contributed by atoms with Gasteiger partial charge in [-0.05, 0) is 13.0 Å². The highest BCUT2D eigenvalue weighted by molar-refractivity contribution is 5.06. The molecule has 0 fully saturated rings. The Labute approximate surface area is 119 Å². The van der Waals surface area contributed by atoms with Crippen molar-refractivity contribution in [3.8, 4) is 0 Å². The lowest BCUT2D eigenvalue weighted by Gasteiger charge is -2.12. The molecule has 0 bridgehead atoms. The van der Waals surface area contributed by atoms with Crippen molar-refractivity contribution in [3.63, 3.8) is 0 Å². The molecule has 0 saturated heterocycles. The molecule has 0 aliphatic carbocycles. The number of nitrogens with zero attached hydrogens (tertiary/aromatic N) is 4. The van der Waals surface area contributed by atoms with Crippen LogP contribution in [-0.2, 0) is 18.5 Å². The monoisotopic (exact) mass is 277 g/mol. The van der Waals surface area contributed by atoms with E-state index in [1.54, 1.807) is 10.9 Å². The van der Waals surface area contributed by atoms with Crippen molar-refractivity contribution in [2.24, 2.45) is 0 Å². The van der Waals surface area contributed by atoms with Crippen LogP contribution in [0.5, 0.6) is 0 Å². The number of aromatic nitrogens is 4. The normalized spacial score (nSPS) is 12.0. The SMILES string of the molecule is CCCNCc1cn(Cc2ncc(C(C)(C)C)o2)nn1. The second-order valence-corrected chi connectivity index (χ2v) is 5.95. The maximum absolute atomic E-state index is 5.74. The van der Waals surface area contributed by atoms with E-state index in [1.165, 1.54) is 0 Å². The Morgan fingerprint density at radius 3 is 2.80 bits per heavy atom. The van der Waals surface area contributed by atoms with Crippen molar-refractivity contribution >= 4 is 0 Å². The second kappa shape index (κ2) is 6.17. The van der Waals surface area contributed by atoms with Crippen LogP contribution in [0.2, 0.25) is 0 Å². The Morgan fingerprint density at radius 2 is 2.15 bits per heavy atom. The van der Waals surface area contributed by atoms with Gasteiger partial charge in [0.2, 0.25) is 5.89 Å². The maximum atomic E-state index is 5.74. The van der Waals surface area contributed by atoms with E-state index in [0.717, 1.165) is 31.0 Å². The largest absolute Gasteiger partial charge is 0.443 e. The Bertz CT molecular complexity index is 538. The molecule has 110 valence electrons. The molecule has 20 heavy (non-hydrogen) atoms. The van der Waals surface area contributed by atoms with Crippen molar-refractivity contribution in [1.82, 2.24) is 25.3 Å². The van der Waals surface area contributed by atoms with Crippen LogP contribution in [0.15, 0.2) is 16.8 Å². The predicted molar refractivity (Wildman–Crippen MR) is 76.3 cm³/mol. The van der Waals surface area contributed by atoms with Gasteiger partial charge in [0.15, 0.2) is 0 Å². The lowest BCUT2D eigenvalue weighted by molar-refractivity contribution is 0.371. The molecule has 0 amide bonds. The fraction of sp³-hybridized carbons (Fsp3) is 0.643. The first-order chi connectivity index (χ1) is 9.49. The molecule has 6 nitrogen and oxygen atoms in total. The summed E-state index contributed by atoms with van der Waals surface area (Å²) in [6.07, 6.45) is 4.82. The third-order valence-corrected chi connectivity index (χ3v) is 2.91. The van der Waals surface area contributed by atoms with Crippen LogP contribution in [-0.4, -0.2) is 26.5 Å². The quantitative estimate of drug-likeness (QED) is 0.819. The van der Waals surface area contributed by atoms with Gasteiger partial charge in [0.1, 0.15) is 12.3 Å². The Hall–Kier alpha value is -1.69. The number of hydrogen-bond donors (Lipinski definition) is 1. The van der Waals surface area contributed by atoms with E-state index < -0.39 is 0 Å². The summed E-state index contributed by atoms with van der Waals surface area (Å²) < 4.78 is 7.50. The minimum Gasteiger partial charge on any atom is -0.443 e. The molecule has 1 N–H and O–H groups in total. The van der Waals surface area contributed by atoms with Gasteiger partial charge < -0.3 is 9.73 Å². The zero-order chi connectivity index (χ0) is 14.6. The highest BCUT2D eigenvalue weighted by Crippen LogP contribution is 2.22. The Morgan fingerprint density at radius 1 is 1.35 bits per heavy atom. The van der Waals surface area contributed by atoms with Gasteiger partial charge in [-0.15, -0.1) is 5.10 Å².